The van der Waals surface area contributed by atoms with Crippen LogP contribution in [0.15, 0.2) is 140 Å². The Morgan fingerprint density at radius 3 is 1.95 bits per heavy atom. The fourth-order valence-corrected chi connectivity index (χ4v) is 6.27. The van der Waals surface area contributed by atoms with E-state index < -0.39 is 0 Å². The molecule has 0 unspecified atom stereocenters. The summed E-state index contributed by atoms with van der Waals surface area (Å²) in [6, 6.07) is 44.3. The fourth-order valence-electron chi connectivity index (χ4n) is 6.27. The lowest BCUT2D eigenvalue weighted by atomic mass is 9.82. The molecule has 0 aliphatic heterocycles. The molecule has 0 saturated carbocycles. The molecule has 0 amide bonds. The highest BCUT2D eigenvalue weighted by Gasteiger charge is 2.37. The van der Waals surface area contributed by atoms with Crippen LogP contribution in [0.3, 0.4) is 0 Å². The van der Waals surface area contributed by atoms with Crippen molar-refractivity contribution < 1.29 is 0 Å². The Hall–Kier alpha value is -4.62. The number of hydrogen-bond acceptors (Lipinski definition) is 1. The standard InChI is InChI=1S/C40H37N/c1-5-13-29(14-6-2)31-21-25-33(26-22-31)41(34-27-23-32(24-28-34)30-15-8-7-9-16-30)38-20-12-19-37-39(38)35-17-10-11-18-36(35)40(37,3)4/h5,7-28H,6H2,1-4H3/b13-5-,29-14+. The van der Waals surface area contributed by atoms with Crippen LogP contribution in [-0.2, 0) is 5.41 Å². The van der Waals surface area contributed by atoms with Crippen LogP contribution >= 0.6 is 0 Å². The summed E-state index contributed by atoms with van der Waals surface area (Å²) in [5, 5.41) is 0. The Bertz CT molecular complexity index is 1720. The zero-order chi connectivity index (χ0) is 28.4. The van der Waals surface area contributed by atoms with Gasteiger partial charge in [-0.1, -0.05) is 130 Å². The van der Waals surface area contributed by atoms with E-state index in [1.807, 2.05) is 0 Å². The maximum atomic E-state index is 2.43. The highest BCUT2D eigenvalue weighted by molar-refractivity contribution is 5.95. The molecule has 41 heavy (non-hydrogen) atoms. The topological polar surface area (TPSA) is 3.24 Å². The van der Waals surface area contributed by atoms with Gasteiger partial charge in [-0.3, -0.25) is 0 Å². The Labute approximate surface area is 245 Å². The smallest absolute Gasteiger partial charge is 0.0543 e. The van der Waals surface area contributed by atoms with Gasteiger partial charge in [0.1, 0.15) is 0 Å². The summed E-state index contributed by atoms with van der Waals surface area (Å²) < 4.78 is 0. The average molecular weight is 532 g/mol. The van der Waals surface area contributed by atoms with Crippen LogP contribution in [0.2, 0.25) is 0 Å². The summed E-state index contributed by atoms with van der Waals surface area (Å²) in [5.74, 6) is 0. The number of fused-ring (bicyclic) bond motifs is 3. The predicted octanol–water partition coefficient (Wildman–Crippen LogP) is 11.5. The lowest BCUT2D eigenvalue weighted by Crippen LogP contribution is -2.16. The molecule has 1 aliphatic carbocycles. The van der Waals surface area contributed by atoms with E-state index in [4.69, 9.17) is 0 Å². The molecule has 1 nitrogen and oxygen atoms in total. The third-order valence-electron chi connectivity index (χ3n) is 8.29. The van der Waals surface area contributed by atoms with Crippen LogP contribution in [-0.4, -0.2) is 0 Å². The molecule has 0 aromatic heterocycles. The van der Waals surface area contributed by atoms with E-state index in [0.717, 1.165) is 17.8 Å². The molecule has 6 rings (SSSR count). The molecular formula is C40H37N. The van der Waals surface area contributed by atoms with E-state index in [0.29, 0.717) is 0 Å². The summed E-state index contributed by atoms with van der Waals surface area (Å²) in [5.41, 5.74) is 13.8. The molecule has 5 aromatic rings. The maximum Gasteiger partial charge on any atom is 0.0543 e. The van der Waals surface area contributed by atoms with Crippen molar-refractivity contribution in [1.82, 2.24) is 0 Å². The molecule has 0 heterocycles. The largest absolute Gasteiger partial charge is 0.310 e. The summed E-state index contributed by atoms with van der Waals surface area (Å²) >= 11 is 0. The van der Waals surface area contributed by atoms with Gasteiger partial charge in [-0.05, 0) is 82.6 Å². The second-order valence-electron chi connectivity index (χ2n) is 11.2. The summed E-state index contributed by atoms with van der Waals surface area (Å²) in [4.78, 5) is 2.43. The van der Waals surface area contributed by atoms with Gasteiger partial charge in [0, 0.05) is 22.4 Å². The van der Waals surface area contributed by atoms with Gasteiger partial charge >= 0.3 is 0 Å². The SMILES string of the molecule is C/C=C\C(=C/CC)c1ccc(N(c2ccc(-c3ccccc3)cc2)c2cccc3c2-c2ccccc2C3(C)C)cc1. The first-order chi connectivity index (χ1) is 20.0. The Morgan fingerprint density at radius 2 is 1.27 bits per heavy atom. The molecule has 0 spiro atoms. The zero-order valence-electron chi connectivity index (χ0n) is 24.4. The summed E-state index contributed by atoms with van der Waals surface area (Å²) in [7, 11) is 0. The molecule has 0 radical (unpaired) electrons. The molecule has 1 aliphatic rings. The Morgan fingerprint density at radius 1 is 0.659 bits per heavy atom. The molecule has 0 fully saturated rings. The fraction of sp³-hybridized carbons (Fsp3) is 0.150. The van der Waals surface area contributed by atoms with Crippen LogP contribution in [0.5, 0.6) is 0 Å². The first-order valence-corrected chi connectivity index (χ1v) is 14.6. The van der Waals surface area contributed by atoms with Gasteiger partial charge in [0.05, 0.1) is 5.69 Å². The van der Waals surface area contributed by atoms with Crippen molar-refractivity contribution in [3.63, 3.8) is 0 Å². The monoisotopic (exact) mass is 531 g/mol. The molecule has 5 aromatic carbocycles. The number of benzene rings is 5. The molecule has 0 bridgehead atoms. The van der Waals surface area contributed by atoms with Gasteiger partial charge in [0.15, 0.2) is 0 Å². The van der Waals surface area contributed by atoms with Crippen LogP contribution in [0, 0.1) is 0 Å². The highest BCUT2D eigenvalue weighted by Crippen LogP contribution is 2.54. The van der Waals surface area contributed by atoms with Crippen LogP contribution in [0.25, 0.3) is 27.8 Å². The molecule has 0 N–H and O–H groups in total. The lowest BCUT2D eigenvalue weighted by Gasteiger charge is -2.29. The maximum absolute atomic E-state index is 2.43. The number of nitrogens with zero attached hydrogens (tertiary/aromatic N) is 1. The van der Waals surface area contributed by atoms with Gasteiger partial charge in [0.2, 0.25) is 0 Å². The summed E-state index contributed by atoms with van der Waals surface area (Å²) in [6.45, 7) is 8.96. The summed E-state index contributed by atoms with van der Waals surface area (Å²) in [6.07, 6.45) is 7.61. The van der Waals surface area contributed by atoms with Crippen molar-refractivity contribution in [2.24, 2.45) is 0 Å². The molecule has 1 heteroatoms. The third-order valence-corrected chi connectivity index (χ3v) is 8.29. The molecular weight excluding hydrogens is 494 g/mol. The second kappa shape index (κ2) is 11.1. The second-order valence-corrected chi connectivity index (χ2v) is 11.2. The van der Waals surface area contributed by atoms with Gasteiger partial charge in [-0.15, -0.1) is 0 Å². The van der Waals surface area contributed by atoms with Crippen molar-refractivity contribution in [1.29, 1.82) is 0 Å². The van der Waals surface area contributed by atoms with E-state index in [1.54, 1.807) is 0 Å². The van der Waals surface area contributed by atoms with Crippen molar-refractivity contribution in [2.45, 2.75) is 39.5 Å². The zero-order valence-corrected chi connectivity index (χ0v) is 24.4. The van der Waals surface area contributed by atoms with Gasteiger partial charge in [-0.25, -0.2) is 0 Å². The lowest BCUT2D eigenvalue weighted by molar-refractivity contribution is 0.660. The molecule has 0 atom stereocenters. The minimum absolute atomic E-state index is 0.0546. The number of anilines is 3. The highest BCUT2D eigenvalue weighted by atomic mass is 15.1. The van der Waals surface area contributed by atoms with E-state index in [1.165, 1.54) is 50.2 Å². The average Bonchev–Trinajstić information content (AvgIpc) is 3.25. The quantitative estimate of drug-likeness (QED) is 0.189. The van der Waals surface area contributed by atoms with Crippen LogP contribution in [0.1, 0.15) is 50.8 Å². The first kappa shape index (κ1) is 26.6. The first-order valence-electron chi connectivity index (χ1n) is 14.6. The van der Waals surface area contributed by atoms with Gasteiger partial charge in [0.25, 0.3) is 0 Å². The normalized spacial score (nSPS) is 13.7. The van der Waals surface area contributed by atoms with E-state index in [2.05, 4.69) is 172 Å². The van der Waals surface area contributed by atoms with Crippen LogP contribution in [0.4, 0.5) is 17.1 Å². The van der Waals surface area contributed by atoms with Crippen LogP contribution < -0.4 is 4.90 Å². The van der Waals surface area contributed by atoms with Crippen molar-refractivity contribution in [3.8, 4) is 22.3 Å². The number of allylic oxidation sites excluding steroid dienone is 4. The van der Waals surface area contributed by atoms with Gasteiger partial charge < -0.3 is 4.90 Å². The predicted molar refractivity (Wildman–Crippen MR) is 177 cm³/mol. The van der Waals surface area contributed by atoms with Crippen molar-refractivity contribution in [3.05, 3.63) is 156 Å². The van der Waals surface area contributed by atoms with Crippen molar-refractivity contribution >= 4 is 22.6 Å². The van der Waals surface area contributed by atoms with E-state index in [9.17, 15) is 0 Å². The minimum atomic E-state index is -0.0546. The third kappa shape index (κ3) is 4.83. The van der Waals surface area contributed by atoms with Gasteiger partial charge in [-0.2, -0.15) is 0 Å². The Balaban J connectivity index is 1.52. The number of hydrogen-bond donors (Lipinski definition) is 0. The van der Waals surface area contributed by atoms with E-state index >= 15 is 0 Å². The van der Waals surface area contributed by atoms with Crippen molar-refractivity contribution in [2.75, 3.05) is 4.90 Å². The number of rotatable bonds is 7. The molecule has 0 saturated heterocycles. The minimum Gasteiger partial charge on any atom is -0.310 e. The van der Waals surface area contributed by atoms with E-state index in [-0.39, 0.29) is 5.41 Å². The molecule has 202 valence electrons. The Kier molecular flexibility index (Phi) is 7.20.